The van der Waals surface area contributed by atoms with Crippen LogP contribution in [0.15, 0.2) is 8.68 Å². The second kappa shape index (κ2) is 10.3. The van der Waals surface area contributed by atoms with Crippen LogP contribution in [0.4, 0.5) is 0 Å². The fourth-order valence-electron chi connectivity index (χ4n) is 2.64. The molecule has 1 amide bonds. The van der Waals surface area contributed by atoms with Gasteiger partial charge in [0.25, 0.3) is 0 Å². The van der Waals surface area contributed by atoms with E-state index in [-0.39, 0.29) is 11.7 Å². The van der Waals surface area contributed by atoms with Crippen LogP contribution in [0.3, 0.4) is 0 Å². The van der Waals surface area contributed by atoms with Crippen molar-refractivity contribution in [3.63, 3.8) is 0 Å². The number of carbonyl (C=O) groups is 1. The van der Waals surface area contributed by atoms with Gasteiger partial charge in [0.1, 0.15) is 5.54 Å². The summed E-state index contributed by atoms with van der Waals surface area (Å²) in [5, 5.41) is 20.8. The Kier molecular flexibility index (Phi) is 8.36. The number of unbranched alkanes of at least 4 members (excludes halogenated alkanes) is 1. The van der Waals surface area contributed by atoms with E-state index in [0.29, 0.717) is 0 Å². The number of hydrogen-bond acceptors (Lipinski definition) is 7. The molecule has 1 fully saturated rings. The van der Waals surface area contributed by atoms with Crippen LogP contribution in [0.2, 0.25) is 0 Å². The maximum atomic E-state index is 12.2. The molecular formula is C16H24N4OS3. The molecule has 0 aromatic carbocycles. The Bertz CT molecular complexity index is 562. The topological polar surface area (TPSA) is 78.7 Å². The fourth-order valence-corrected chi connectivity index (χ4v) is 5.62. The maximum Gasteiger partial charge on any atom is 0.231 e. The smallest absolute Gasteiger partial charge is 0.231 e. The van der Waals surface area contributed by atoms with Crippen molar-refractivity contribution in [2.45, 2.75) is 72.5 Å². The van der Waals surface area contributed by atoms with Crippen LogP contribution in [0.25, 0.3) is 0 Å². The minimum absolute atomic E-state index is 0.0844. The minimum Gasteiger partial charge on any atom is -0.337 e. The third-order valence-corrected chi connectivity index (χ3v) is 7.26. The second-order valence-corrected chi connectivity index (χ2v) is 9.52. The van der Waals surface area contributed by atoms with Gasteiger partial charge in [-0.05, 0) is 19.3 Å². The third kappa shape index (κ3) is 6.26. The first-order chi connectivity index (χ1) is 11.7. The van der Waals surface area contributed by atoms with Crippen molar-refractivity contribution in [3.8, 4) is 6.07 Å². The van der Waals surface area contributed by atoms with E-state index in [1.165, 1.54) is 35.9 Å². The highest BCUT2D eigenvalue weighted by molar-refractivity contribution is 8.03. The molecule has 0 spiro atoms. The number of aromatic nitrogens is 2. The van der Waals surface area contributed by atoms with Gasteiger partial charge in [-0.15, -0.1) is 10.2 Å². The molecule has 1 aromatic heterocycles. The quantitative estimate of drug-likeness (QED) is 0.410. The summed E-state index contributed by atoms with van der Waals surface area (Å²) < 4.78 is 1.78. The van der Waals surface area contributed by atoms with E-state index in [4.69, 9.17) is 0 Å². The van der Waals surface area contributed by atoms with Crippen molar-refractivity contribution in [1.29, 1.82) is 5.26 Å². The molecule has 0 aliphatic heterocycles. The first-order valence-corrected chi connectivity index (χ1v) is 11.3. The van der Waals surface area contributed by atoms with Gasteiger partial charge in [-0.1, -0.05) is 73.9 Å². The summed E-state index contributed by atoms with van der Waals surface area (Å²) in [7, 11) is 0. The summed E-state index contributed by atoms with van der Waals surface area (Å²) in [5.74, 6) is 1.26. The summed E-state index contributed by atoms with van der Waals surface area (Å²) in [5.41, 5.74) is -0.670. The van der Waals surface area contributed by atoms with Gasteiger partial charge in [-0.3, -0.25) is 4.79 Å². The number of rotatable bonds is 8. The summed E-state index contributed by atoms with van der Waals surface area (Å²) in [6, 6.07) is 2.35. The van der Waals surface area contributed by atoms with E-state index in [9.17, 15) is 10.1 Å². The molecule has 0 bridgehead atoms. The van der Waals surface area contributed by atoms with Gasteiger partial charge in [-0.25, -0.2) is 0 Å². The first kappa shape index (κ1) is 19.5. The maximum absolute atomic E-state index is 12.2. The van der Waals surface area contributed by atoms with E-state index in [1.54, 1.807) is 11.8 Å². The minimum atomic E-state index is -0.670. The van der Waals surface area contributed by atoms with Crippen molar-refractivity contribution in [3.05, 3.63) is 0 Å². The number of nitrogens with one attached hydrogen (secondary N) is 1. The number of amides is 1. The molecular weight excluding hydrogens is 360 g/mol. The first-order valence-electron chi connectivity index (χ1n) is 8.49. The largest absolute Gasteiger partial charge is 0.337 e. The molecule has 1 heterocycles. The molecule has 0 atom stereocenters. The molecule has 1 N–H and O–H groups in total. The Labute approximate surface area is 156 Å². The van der Waals surface area contributed by atoms with Gasteiger partial charge >= 0.3 is 0 Å². The molecule has 1 saturated carbocycles. The average Bonchev–Trinajstić information content (AvgIpc) is 2.91. The molecule has 132 valence electrons. The van der Waals surface area contributed by atoms with Crippen LogP contribution in [-0.2, 0) is 4.79 Å². The van der Waals surface area contributed by atoms with Crippen LogP contribution in [0.1, 0.15) is 58.3 Å². The second-order valence-electron chi connectivity index (χ2n) is 5.98. The Balaban J connectivity index is 1.79. The van der Waals surface area contributed by atoms with Crippen LogP contribution in [-0.4, -0.2) is 33.1 Å². The fraction of sp³-hybridized carbons (Fsp3) is 0.750. The Morgan fingerprint density at radius 3 is 2.54 bits per heavy atom. The van der Waals surface area contributed by atoms with Crippen molar-refractivity contribution < 1.29 is 4.79 Å². The lowest BCUT2D eigenvalue weighted by atomic mass is 9.92. The van der Waals surface area contributed by atoms with Gasteiger partial charge < -0.3 is 5.32 Å². The normalized spacial score (nSPS) is 17.0. The van der Waals surface area contributed by atoms with Gasteiger partial charge in [0, 0.05) is 5.75 Å². The molecule has 2 rings (SSSR count). The molecule has 1 aromatic rings. The standard InChI is InChI=1S/C16H24N4OS3/c1-2-3-10-22-14-19-20-15(24-14)23-11-13(21)18-16(12-17)8-6-4-5-7-9-16/h2-11H2,1H3,(H,18,21). The molecule has 1 aliphatic rings. The van der Waals surface area contributed by atoms with Gasteiger partial charge in [0.15, 0.2) is 8.68 Å². The van der Waals surface area contributed by atoms with E-state index in [2.05, 4.69) is 28.5 Å². The molecule has 24 heavy (non-hydrogen) atoms. The highest BCUT2D eigenvalue weighted by Gasteiger charge is 2.32. The average molecular weight is 385 g/mol. The number of thioether (sulfide) groups is 2. The zero-order valence-electron chi connectivity index (χ0n) is 14.0. The third-order valence-electron chi connectivity index (χ3n) is 3.99. The molecule has 0 saturated heterocycles. The predicted octanol–water partition coefficient (Wildman–Crippen LogP) is 4.26. The number of nitriles is 1. The van der Waals surface area contributed by atoms with Crippen LogP contribution in [0, 0.1) is 11.3 Å². The molecule has 0 unspecified atom stereocenters. The zero-order chi connectivity index (χ0) is 17.3. The van der Waals surface area contributed by atoms with Crippen molar-refractivity contribution >= 4 is 40.8 Å². The summed E-state index contributed by atoms with van der Waals surface area (Å²) >= 11 is 4.66. The van der Waals surface area contributed by atoms with Gasteiger partial charge in [0.05, 0.1) is 11.8 Å². The van der Waals surface area contributed by atoms with Crippen LogP contribution < -0.4 is 5.32 Å². The lowest BCUT2D eigenvalue weighted by Gasteiger charge is -2.26. The SMILES string of the molecule is CCCCSc1nnc(SCC(=O)NC2(C#N)CCCCCC2)s1. The predicted molar refractivity (Wildman–Crippen MR) is 100 cm³/mol. The number of carbonyl (C=O) groups excluding carboxylic acids is 1. The highest BCUT2D eigenvalue weighted by Crippen LogP contribution is 2.30. The molecule has 8 heteroatoms. The molecule has 1 aliphatic carbocycles. The zero-order valence-corrected chi connectivity index (χ0v) is 16.5. The Hall–Kier alpha value is -0.780. The van der Waals surface area contributed by atoms with Crippen molar-refractivity contribution in [2.24, 2.45) is 0 Å². The Morgan fingerprint density at radius 1 is 1.25 bits per heavy atom. The van der Waals surface area contributed by atoms with Crippen LogP contribution in [0.5, 0.6) is 0 Å². The molecule has 5 nitrogen and oxygen atoms in total. The Morgan fingerprint density at radius 2 is 1.92 bits per heavy atom. The number of nitrogens with zero attached hydrogens (tertiary/aromatic N) is 3. The lowest BCUT2D eigenvalue weighted by Crippen LogP contribution is -2.47. The lowest BCUT2D eigenvalue weighted by molar-refractivity contribution is -0.120. The van der Waals surface area contributed by atoms with Gasteiger partial charge in [0.2, 0.25) is 5.91 Å². The summed E-state index contributed by atoms with van der Waals surface area (Å²) in [6.45, 7) is 2.17. The van der Waals surface area contributed by atoms with Crippen molar-refractivity contribution in [1.82, 2.24) is 15.5 Å². The van der Waals surface area contributed by atoms with Crippen molar-refractivity contribution in [2.75, 3.05) is 11.5 Å². The summed E-state index contributed by atoms with van der Waals surface area (Å²) in [4.78, 5) is 12.2. The highest BCUT2D eigenvalue weighted by atomic mass is 32.2. The van der Waals surface area contributed by atoms with E-state index < -0.39 is 5.54 Å². The number of hydrogen-bond donors (Lipinski definition) is 1. The molecule has 0 radical (unpaired) electrons. The summed E-state index contributed by atoms with van der Waals surface area (Å²) in [6.07, 6.45) is 8.19. The van der Waals surface area contributed by atoms with E-state index >= 15 is 0 Å². The van der Waals surface area contributed by atoms with Crippen LogP contribution >= 0.6 is 34.9 Å². The van der Waals surface area contributed by atoms with E-state index in [0.717, 1.165) is 53.0 Å². The monoisotopic (exact) mass is 384 g/mol. The van der Waals surface area contributed by atoms with E-state index in [1.807, 2.05) is 0 Å². The van der Waals surface area contributed by atoms with Gasteiger partial charge in [-0.2, -0.15) is 5.26 Å².